The Morgan fingerprint density at radius 3 is 2.56 bits per heavy atom. The second kappa shape index (κ2) is 7.79. The number of thioether (sulfide) groups is 1. The van der Waals surface area contributed by atoms with E-state index in [1.54, 1.807) is 17.0 Å². The zero-order chi connectivity index (χ0) is 22.6. The summed E-state index contributed by atoms with van der Waals surface area (Å²) in [5, 5.41) is 0. The summed E-state index contributed by atoms with van der Waals surface area (Å²) in [5.74, 6) is -3.93. The van der Waals surface area contributed by atoms with Gasteiger partial charge in [0.25, 0.3) is 0 Å². The van der Waals surface area contributed by atoms with Crippen molar-refractivity contribution in [3.05, 3.63) is 70.8 Å². The highest BCUT2D eigenvalue weighted by Crippen LogP contribution is 2.55. The molecule has 5 rings (SSSR count). The minimum atomic E-state index is -1.29. The van der Waals surface area contributed by atoms with Gasteiger partial charge in [0, 0.05) is 30.3 Å². The maximum absolute atomic E-state index is 14.5. The lowest BCUT2D eigenvalue weighted by molar-refractivity contribution is -0.144. The van der Waals surface area contributed by atoms with E-state index >= 15 is 0 Å². The Balaban J connectivity index is 1.47. The molecule has 3 saturated heterocycles. The van der Waals surface area contributed by atoms with Gasteiger partial charge in [0.1, 0.15) is 22.5 Å². The number of likely N-dealkylation sites (tertiary alicyclic amines) is 1. The van der Waals surface area contributed by atoms with E-state index in [2.05, 4.69) is 0 Å². The van der Waals surface area contributed by atoms with Gasteiger partial charge >= 0.3 is 0 Å². The van der Waals surface area contributed by atoms with Crippen LogP contribution in [0.5, 0.6) is 0 Å². The van der Waals surface area contributed by atoms with Gasteiger partial charge in [-0.1, -0.05) is 12.1 Å². The van der Waals surface area contributed by atoms with Crippen molar-refractivity contribution in [2.75, 3.05) is 12.3 Å². The van der Waals surface area contributed by atoms with E-state index in [0.717, 1.165) is 11.6 Å². The van der Waals surface area contributed by atoms with Crippen LogP contribution in [0.4, 0.5) is 17.6 Å². The number of carbonyl (C=O) groups is 2. The van der Waals surface area contributed by atoms with Crippen LogP contribution in [-0.4, -0.2) is 40.0 Å². The molecule has 2 amide bonds. The summed E-state index contributed by atoms with van der Waals surface area (Å²) in [5.41, 5.74) is 0.567. The highest BCUT2D eigenvalue weighted by atomic mass is 32.2. The maximum Gasteiger partial charge on any atom is 0.246 e. The first-order chi connectivity index (χ1) is 15.3. The highest BCUT2D eigenvalue weighted by molar-refractivity contribution is 8.00. The SMILES string of the molecule is O=C(C1CSC2(c3ccc(F)cc3)CCC(=O)N12)N1CCCC1c1cc(F)cc(F)c1F. The predicted molar refractivity (Wildman–Crippen MR) is 110 cm³/mol. The van der Waals surface area contributed by atoms with Crippen LogP contribution in [0.1, 0.15) is 42.9 Å². The fourth-order valence-electron chi connectivity index (χ4n) is 5.20. The fraction of sp³-hybridized carbons (Fsp3) is 0.391. The lowest BCUT2D eigenvalue weighted by Crippen LogP contribution is -2.51. The first kappa shape index (κ1) is 21.3. The van der Waals surface area contributed by atoms with Crippen molar-refractivity contribution >= 4 is 23.6 Å². The molecule has 3 atom stereocenters. The Hall–Kier alpha value is -2.55. The zero-order valence-electron chi connectivity index (χ0n) is 17.0. The van der Waals surface area contributed by atoms with E-state index in [4.69, 9.17) is 0 Å². The van der Waals surface area contributed by atoms with Gasteiger partial charge in [-0.2, -0.15) is 0 Å². The second-order valence-corrected chi connectivity index (χ2v) is 9.66. The van der Waals surface area contributed by atoms with Crippen molar-refractivity contribution in [1.29, 1.82) is 0 Å². The van der Waals surface area contributed by atoms with E-state index < -0.39 is 34.4 Å². The molecule has 0 aliphatic carbocycles. The lowest BCUT2D eigenvalue weighted by atomic mass is 10.0. The van der Waals surface area contributed by atoms with Crippen molar-refractivity contribution in [2.24, 2.45) is 0 Å². The molecule has 0 aromatic heterocycles. The van der Waals surface area contributed by atoms with E-state index in [9.17, 15) is 27.2 Å². The van der Waals surface area contributed by atoms with Crippen LogP contribution in [0.25, 0.3) is 0 Å². The number of fused-ring (bicyclic) bond motifs is 1. The summed E-state index contributed by atoms with van der Waals surface area (Å²) < 4.78 is 55.5. The van der Waals surface area contributed by atoms with Gasteiger partial charge in [-0.25, -0.2) is 17.6 Å². The maximum atomic E-state index is 14.5. The van der Waals surface area contributed by atoms with Gasteiger partial charge in [-0.05, 0) is 43.0 Å². The smallest absolute Gasteiger partial charge is 0.246 e. The average molecular weight is 464 g/mol. The van der Waals surface area contributed by atoms with Gasteiger partial charge in [0.2, 0.25) is 11.8 Å². The van der Waals surface area contributed by atoms with Crippen molar-refractivity contribution in [1.82, 2.24) is 9.80 Å². The van der Waals surface area contributed by atoms with Crippen LogP contribution in [0, 0.1) is 23.3 Å². The number of rotatable bonds is 3. The van der Waals surface area contributed by atoms with Gasteiger partial charge < -0.3 is 9.80 Å². The molecular weight excluding hydrogens is 444 g/mol. The van der Waals surface area contributed by atoms with Crippen LogP contribution < -0.4 is 0 Å². The third-order valence-electron chi connectivity index (χ3n) is 6.62. The highest BCUT2D eigenvalue weighted by Gasteiger charge is 2.57. The van der Waals surface area contributed by atoms with Crippen molar-refractivity contribution < 1.29 is 27.2 Å². The molecule has 0 bridgehead atoms. The standard InChI is InChI=1S/C23H20F4N2O2S/c24-14-5-3-13(4-6-14)23-8-7-20(30)29(23)19(12-32-23)22(31)28-9-1-2-18(28)16-10-15(25)11-17(26)21(16)27/h3-6,10-11,18-19H,1-2,7-9,12H2. The molecule has 0 saturated carbocycles. The summed E-state index contributed by atoms with van der Waals surface area (Å²) in [7, 11) is 0. The van der Waals surface area contributed by atoms with Crippen LogP contribution in [0.2, 0.25) is 0 Å². The van der Waals surface area contributed by atoms with Gasteiger partial charge in [-0.15, -0.1) is 11.8 Å². The summed E-state index contributed by atoms with van der Waals surface area (Å²) >= 11 is 1.46. The number of benzene rings is 2. The Bertz CT molecular complexity index is 1100. The van der Waals surface area contributed by atoms with Crippen molar-refractivity contribution in [3.8, 4) is 0 Å². The van der Waals surface area contributed by atoms with Crippen LogP contribution in [0.15, 0.2) is 36.4 Å². The zero-order valence-corrected chi connectivity index (χ0v) is 17.8. The first-order valence-electron chi connectivity index (χ1n) is 10.5. The minimum Gasteiger partial charge on any atom is -0.334 e. The summed E-state index contributed by atoms with van der Waals surface area (Å²) in [6.45, 7) is 0.313. The van der Waals surface area contributed by atoms with Crippen LogP contribution >= 0.6 is 11.8 Å². The largest absolute Gasteiger partial charge is 0.334 e. The Morgan fingerprint density at radius 2 is 1.81 bits per heavy atom. The molecule has 0 spiro atoms. The topological polar surface area (TPSA) is 40.6 Å². The number of carbonyl (C=O) groups excluding carboxylic acids is 2. The summed E-state index contributed by atoms with van der Waals surface area (Å²) in [6.07, 6.45) is 1.70. The predicted octanol–water partition coefficient (Wildman–Crippen LogP) is 4.50. The second-order valence-electron chi connectivity index (χ2n) is 8.36. The Kier molecular flexibility index (Phi) is 5.19. The number of halogens is 4. The van der Waals surface area contributed by atoms with E-state index in [-0.39, 0.29) is 29.6 Å². The molecule has 2 aromatic carbocycles. The molecule has 4 nitrogen and oxygen atoms in total. The normalized spacial score (nSPS) is 27.3. The molecule has 2 aromatic rings. The Labute approximate surface area is 186 Å². The molecular formula is C23H20F4N2O2S. The molecule has 3 fully saturated rings. The van der Waals surface area contributed by atoms with Crippen molar-refractivity contribution in [2.45, 2.75) is 42.6 Å². The van der Waals surface area contributed by atoms with Crippen molar-refractivity contribution in [3.63, 3.8) is 0 Å². The number of hydrogen-bond acceptors (Lipinski definition) is 3. The molecule has 3 heterocycles. The molecule has 9 heteroatoms. The molecule has 0 N–H and O–H groups in total. The van der Waals surface area contributed by atoms with Gasteiger partial charge in [0.15, 0.2) is 11.6 Å². The average Bonchev–Trinajstić information content (AvgIpc) is 3.47. The Morgan fingerprint density at radius 1 is 1.06 bits per heavy atom. The van der Waals surface area contributed by atoms with E-state index in [1.165, 1.54) is 28.8 Å². The fourth-order valence-corrected chi connectivity index (χ4v) is 6.84. The third-order valence-corrected chi connectivity index (χ3v) is 8.22. The van der Waals surface area contributed by atoms with Crippen LogP contribution in [-0.2, 0) is 14.5 Å². The molecule has 168 valence electrons. The lowest BCUT2D eigenvalue weighted by Gasteiger charge is -2.36. The molecule has 3 unspecified atom stereocenters. The molecule has 3 aliphatic heterocycles. The molecule has 3 aliphatic rings. The third kappa shape index (κ3) is 3.20. The first-order valence-corrected chi connectivity index (χ1v) is 11.5. The van der Waals surface area contributed by atoms with Gasteiger partial charge in [-0.3, -0.25) is 9.59 Å². The quantitative estimate of drug-likeness (QED) is 0.496. The number of hydrogen-bond donors (Lipinski definition) is 0. The summed E-state index contributed by atoms with van der Waals surface area (Å²) in [4.78, 5) is 28.7. The van der Waals surface area contributed by atoms with E-state index in [1.807, 2.05) is 0 Å². The minimum absolute atomic E-state index is 0.170. The number of amides is 2. The van der Waals surface area contributed by atoms with E-state index in [0.29, 0.717) is 37.6 Å². The molecule has 0 radical (unpaired) electrons. The summed E-state index contributed by atoms with van der Waals surface area (Å²) in [6, 6.07) is 5.76. The molecule has 32 heavy (non-hydrogen) atoms. The monoisotopic (exact) mass is 464 g/mol. The number of nitrogens with zero attached hydrogens (tertiary/aromatic N) is 2. The van der Waals surface area contributed by atoms with Gasteiger partial charge in [0.05, 0.1) is 6.04 Å². The van der Waals surface area contributed by atoms with Crippen LogP contribution in [0.3, 0.4) is 0 Å².